The molecule has 2 saturated heterocycles. The first kappa shape index (κ1) is 21.1. The number of anilines is 2. The number of rotatable bonds is 4. The van der Waals surface area contributed by atoms with Gasteiger partial charge >= 0.3 is 0 Å². The Kier molecular flexibility index (Phi) is 5.87. The molecular formula is C27H40N4. The molecule has 0 atom stereocenters. The van der Waals surface area contributed by atoms with Crippen LogP contribution in [0.4, 0.5) is 11.4 Å². The maximum absolute atomic E-state index is 2.67. The number of likely N-dealkylation sites (tertiary alicyclic amines) is 2. The molecule has 0 unspecified atom stereocenters. The van der Waals surface area contributed by atoms with E-state index in [-0.39, 0.29) is 0 Å². The molecule has 0 saturated carbocycles. The predicted octanol–water partition coefficient (Wildman–Crippen LogP) is 5.15. The molecule has 4 heteroatoms. The molecule has 5 rings (SSSR count). The van der Waals surface area contributed by atoms with Gasteiger partial charge in [0.1, 0.15) is 0 Å². The molecule has 3 heterocycles. The quantitative estimate of drug-likeness (QED) is 0.678. The van der Waals surface area contributed by atoms with Crippen molar-refractivity contribution in [3.63, 3.8) is 0 Å². The fourth-order valence-corrected chi connectivity index (χ4v) is 5.98. The minimum absolute atomic E-state index is 0.884. The molecule has 31 heavy (non-hydrogen) atoms. The summed E-state index contributed by atoms with van der Waals surface area (Å²) < 4.78 is 0. The Balaban J connectivity index is 1.51. The zero-order valence-corrected chi connectivity index (χ0v) is 20.0. The number of nitrogens with zero attached hydrogens (tertiary/aromatic N) is 4. The maximum atomic E-state index is 2.67. The third-order valence-electron chi connectivity index (χ3n) is 8.03. The summed E-state index contributed by atoms with van der Waals surface area (Å²) in [6, 6.07) is 9.52. The van der Waals surface area contributed by atoms with E-state index in [2.05, 4.69) is 71.8 Å². The largest absolute Gasteiger partial charge is 0.356 e. The Morgan fingerprint density at radius 2 is 1.10 bits per heavy atom. The fraction of sp³-hybridized carbons (Fsp3) is 0.630. The summed E-state index contributed by atoms with van der Waals surface area (Å²) >= 11 is 0. The summed E-state index contributed by atoms with van der Waals surface area (Å²) in [6.07, 6.45) is 5.35. The minimum Gasteiger partial charge on any atom is -0.356 e. The highest BCUT2D eigenvalue weighted by molar-refractivity contribution is 6.07. The number of piperidine rings is 2. The molecule has 168 valence electrons. The van der Waals surface area contributed by atoms with Crippen LogP contribution in [0.3, 0.4) is 0 Å². The van der Waals surface area contributed by atoms with Crippen LogP contribution in [0.15, 0.2) is 24.3 Å². The monoisotopic (exact) mass is 420 g/mol. The second-order valence-corrected chi connectivity index (χ2v) is 10.7. The van der Waals surface area contributed by atoms with Crippen molar-refractivity contribution in [3.8, 4) is 0 Å². The first-order chi connectivity index (χ1) is 15.0. The Bertz CT molecular complexity index is 852. The van der Waals surface area contributed by atoms with Gasteiger partial charge in [-0.05, 0) is 80.2 Å². The summed E-state index contributed by atoms with van der Waals surface area (Å²) in [6.45, 7) is 12.9. The summed E-state index contributed by atoms with van der Waals surface area (Å²) in [7, 11) is 4.55. The van der Waals surface area contributed by atoms with Gasteiger partial charge in [0.15, 0.2) is 0 Å². The van der Waals surface area contributed by atoms with Gasteiger partial charge in [-0.15, -0.1) is 0 Å². The molecule has 0 N–H and O–H groups in total. The van der Waals surface area contributed by atoms with Gasteiger partial charge in [-0.25, -0.2) is 0 Å². The molecule has 2 aromatic rings. The van der Waals surface area contributed by atoms with Crippen LogP contribution in [-0.2, 0) is 13.1 Å². The molecule has 0 spiro atoms. The molecule has 0 aromatic heterocycles. The van der Waals surface area contributed by atoms with E-state index in [1.165, 1.54) is 85.1 Å². The number of hydrogen-bond acceptors (Lipinski definition) is 4. The van der Waals surface area contributed by atoms with Gasteiger partial charge < -0.3 is 9.80 Å². The van der Waals surface area contributed by atoms with E-state index < -0.39 is 0 Å². The molecule has 0 radical (unpaired) electrons. The van der Waals surface area contributed by atoms with Gasteiger partial charge in [0, 0.05) is 32.6 Å². The zero-order valence-electron chi connectivity index (χ0n) is 20.0. The van der Waals surface area contributed by atoms with Crippen molar-refractivity contribution in [1.82, 2.24) is 9.80 Å². The van der Waals surface area contributed by atoms with Gasteiger partial charge in [0.25, 0.3) is 0 Å². The predicted molar refractivity (Wildman–Crippen MR) is 133 cm³/mol. The highest BCUT2D eigenvalue weighted by Gasteiger charge is 2.27. The van der Waals surface area contributed by atoms with Crippen LogP contribution in [-0.4, -0.2) is 56.7 Å². The van der Waals surface area contributed by atoms with Gasteiger partial charge in [-0.3, -0.25) is 9.80 Å². The van der Waals surface area contributed by atoms with Crippen LogP contribution < -0.4 is 9.80 Å². The van der Waals surface area contributed by atoms with Gasteiger partial charge in [-0.2, -0.15) is 0 Å². The molecule has 3 aliphatic heterocycles. The number of hydrogen-bond donors (Lipinski definition) is 0. The summed E-state index contributed by atoms with van der Waals surface area (Å²) in [5.41, 5.74) is 5.95. The fourth-order valence-electron chi connectivity index (χ4n) is 5.98. The molecule has 2 aromatic carbocycles. The molecule has 3 aliphatic rings. The van der Waals surface area contributed by atoms with Crippen molar-refractivity contribution in [2.24, 2.45) is 11.8 Å². The third-order valence-corrected chi connectivity index (χ3v) is 8.03. The first-order valence-corrected chi connectivity index (χ1v) is 12.4. The lowest BCUT2D eigenvalue weighted by Crippen LogP contribution is -2.39. The average Bonchev–Trinajstić information content (AvgIpc) is 2.76. The van der Waals surface area contributed by atoms with E-state index in [0.717, 1.165) is 31.6 Å². The van der Waals surface area contributed by atoms with Gasteiger partial charge in [-0.1, -0.05) is 38.1 Å². The average molecular weight is 421 g/mol. The van der Waals surface area contributed by atoms with Crippen molar-refractivity contribution in [2.75, 3.05) is 56.7 Å². The summed E-state index contributed by atoms with van der Waals surface area (Å²) in [5.74, 6) is 1.77. The van der Waals surface area contributed by atoms with Crippen molar-refractivity contribution in [3.05, 3.63) is 35.4 Å². The summed E-state index contributed by atoms with van der Waals surface area (Å²) in [5, 5.41) is 2.86. The van der Waals surface area contributed by atoms with Crippen LogP contribution in [0.2, 0.25) is 0 Å². The lowest BCUT2D eigenvalue weighted by Gasteiger charge is -2.40. The highest BCUT2D eigenvalue weighted by atomic mass is 15.3. The molecule has 0 bridgehead atoms. The standard InChI is InChI=1S/C27H40N4/c1-20-9-13-30(14-10-20)17-23-7-5-22-6-8-24(18-31-15-11-21(2)12-16-31)27-25(22)26(23)28(3)19-29(27)4/h5-8,20-21H,9-19H2,1-4H3. The Morgan fingerprint density at radius 1 is 0.677 bits per heavy atom. The Labute approximate surface area is 188 Å². The van der Waals surface area contributed by atoms with Crippen molar-refractivity contribution in [1.29, 1.82) is 0 Å². The SMILES string of the molecule is CC1CCN(Cc2ccc3ccc(CN4CCC(C)CC4)c4c3c2N(C)CN4C)CC1. The summed E-state index contributed by atoms with van der Waals surface area (Å²) in [4.78, 5) is 10.3. The van der Waals surface area contributed by atoms with Crippen molar-refractivity contribution in [2.45, 2.75) is 52.6 Å². The van der Waals surface area contributed by atoms with E-state index in [1.807, 2.05) is 0 Å². The van der Waals surface area contributed by atoms with Crippen LogP contribution in [0, 0.1) is 11.8 Å². The van der Waals surface area contributed by atoms with E-state index in [1.54, 1.807) is 0 Å². The molecular weight excluding hydrogens is 380 g/mol. The van der Waals surface area contributed by atoms with Gasteiger partial charge in [0.05, 0.1) is 18.0 Å². The lowest BCUT2D eigenvalue weighted by molar-refractivity contribution is 0.185. The first-order valence-electron chi connectivity index (χ1n) is 12.4. The van der Waals surface area contributed by atoms with Crippen molar-refractivity contribution < 1.29 is 0 Å². The normalized spacial score (nSPS) is 21.9. The van der Waals surface area contributed by atoms with E-state index in [4.69, 9.17) is 0 Å². The number of benzene rings is 2. The van der Waals surface area contributed by atoms with Gasteiger partial charge in [0.2, 0.25) is 0 Å². The van der Waals surface area contributed by atoms with Crippen LogP contribution in [0.1, 0.15) is 50.7 Å². The van der Waals surface area contributed by atoms with E-state index in [9.17, 15) is 0 Å². The third kappa shape index (κ3) is 4.17. The van der Waals surface area contributed by atoms with E-state index in [0.29, 0.717) is 0 Å². The Hall–Kier alpha value is -1.78. The molecule has 2 fully saturated rings. The second kappa shape index (κ2) is 8.63. The minimum atomic E-state index is 0.884. The highest BCUT2D eigenvalue weighted by Crippen LogP contribution is 2.43. The van der Waals surface area contributed by atoms with Crippen LogP contribution in [0.5, 0.6) is 0 Å². The topological polar surface area (TPSA) is 13.0 Å². The zero-order chi connectivity index (χ0) is 21.5. The maximum Gasteiger partial charge on any atom is 0.0897 e. The lowest BCUT2D eigenvalue weighted by atomic mass is 9.94. The molecule has 0 aliphatic carbocycles. The smallest absolute Gasteiger partial charge is 0.0897 e. The molecule has 4 nitrogen and oxygen atoms in total. The van der Waals surface area contributed by atoms with Crippen LogP contribution >= 0.6 is 0 Å². The van der Waals surface area contributed by atoms with Crippen molar-refractivity contribution >= 4 is 22.1 Å². The molecule has 0 amide bonds. The second-order valence-electron chi connectivity index (χ2n) is 10.7. The van der Waals surface area contributed by atoms with Crippen LogP contribution in [0.25, 0.3) is 10.8 Å². The Morgan fingerprint density at radius 3 is 1.52 bits per heavy atom. The van der Waals surface area contributed by atoms with E-state index >= 15 is 0 Å².